The molecule has 9 heteroatoms. The maximum atomic E-state index is 12.1. The van der Waals surface area contributed by atoms with Crippen LogP contribution in [0.2, 0.25) is 0 Å². The van der Waals surface area contributed by atoms with Crippen molar-refractivity contribution in [1.29, 1.82) is 0 Å². The molecule has 0 aliphatic rings. The van der Waals surface area contributed by atoms with Crippen LogP contribution in [0.15, 0.2) is 59.5 Å². The average Bonchev–Trinajstić information content (AvgIpc) is 2.54. The Morgan fingerprint density at radius 1 is 0.833 bits per heavy atom. The molecule has 0 aliphatic heterocycles. The lowest BCUT2D eigenvalue weighted by Gasteiger charge is -2.10. The molecule has 0 unspecified atom stereocenters. The van der Waals surface area contributed by atoms with Crippen LogP contribution in [-0.4, -0.2) is 20.4 Å². The molecule has 0 saturated carbocycles. The van der Waals surface area contributed by atoms with E-state index in [1.165, 1.54) is 31.2 Å². The van der Waals surface area contributed by atoms with Gasteiger partial charge in [-0.1, -0.05) is 18.2 Å². The molecule has 0 bridgehead atoms. The van der Waals surface area contributed by atoms with Gasteiger partial charge in [0.2, 0.25) is 5.91 Å². The van der Waals surface area contributed by atoms with Gasteiger partial charge < -0.3 is 10.6 Å². The summed E-state index contributed by atoms with van der Waals surface area (Å²) in [7, 11) is -3.93. The SMILES string of the molecule is CC(=O)Nc1ccc(S(=O)(=O)NNC(=O)Nc2ccccc2)cc1. The Labute approximate surface area is 139 Å². The Morgan fingerprint density at radius 3 is 2.00 bits per heavy atom. The van der Waals surface area contributed by atoms with E-state index in [1.807, 2.05) is 4.83 Å². The van der Waals surface area contributed by atoms with Crippen molar-refractivity contribution in [3.63, 3.8) is 0 Å². The molecule has 0 spiro atoms. The predicted molar refractivity (Wildman–Crippen MR) is 89.7 cm³/mol. The zero-order valence-electron chi connectivity index (χ0n) is 12.7. The van der Waals surface area contributed by atoms with Crippen LogP contribution in [0.3, 0.4) is 0 Å². The minimum absolute atomic E-state index is 0.0587. The second kappa shape index (κ2) is 7.57. The van der Waals surface area contributed by atoms with Crippen molar-refractivity contribution in [3.8, 4) is 0 Å². The molecule has 2 aromatic carbocycles. The quantitative estimate of drug-likeness (QED) is 0.615. The summed E-state index contributed by atoms with van der Waals surface area (Å²) in [5.41, 5.74) is 3.05. The van der Waals surface area contributed by atoms with Crippen LogP contribution in [0.25, 0.3) is 0 Å². The highest BCUT2D eigenvalue weighted by Crippen LogP contribution is 2.13. The van der Waals surface area contributed by atoms with Gasteiger partial charge in [0.1, 0.15) is 0 Å². The molecule has 4 N–H and O–H groups in total. The summed E-state index contributed by atoms with van der Waals surface area (Å²) in [6.45, 7) is 1.35. The zero-order valence-corrected chi connectivity index (χ0v) is 13.6. The van der Waals surface area contributed by atoms with Crippen molar-refractivity contribution in [2.45, 2.75) is 11.8 Å². The van der Waals surface area contributed by atoms with Crippen LogP contribution in [-0.2, 0) is 14.8 Å². The molecule has 0 aliphatic carbocycles. The van der Waals surface area contributed by atoms with Gasteiger partial charge in [-0.2, -0.15) is 0 Å². The number of carbonyl (C=O) groups is 2. The van der Waals surface area contributed by atoms with Gasteiger partial charge in [0.05, 0.1) is 4.90 Å². The van der Waals surface area contributed by atoms with E-state index in [-0.39, 0.29) is 10.8 Å². The van der Waals surface area contributed by atoms with Crippen LogP contribution in [0.5, 0.6) is 0 Å². The number of hydrogen-bond acceptors (Lipinski definition) is 4. The predicted octanol–water partition coefficient (Wildman–Crippen LogP) is 1.66. The molecular weight excluding hydrogens is 332 g/mol. The van der Waals surface area contributed by atoms with Crippen molar-refractivity contribution in [1.82, 2.24) is 10.3 Å². The van der Waals surface area contributed by atoms with Crippen molar-refractivity contribution in [2.24, 2.45) is 0 Å². The first-order valence-corrected chi connectivity index (χ1v) is 8.37. The highest BCUT2D eigenvalue weighted by atomic mass is 32.2. The third-order valence-corrected chi connectivity index (χ3v) is 4.08. The van der Waals surface area contributed by atoms with E-state index in [1.54, 1.807) is 30.3 Å². The fourth-order valence-electron chi connectivity index (χ4n) is 1.78. The molecule has 24 heavy (non-hydrogen) atoms. The number of rotatable bonds is 5. The maximum Gasteiger partial charge on any atom is 0.334 e. The maximum absolute atomic E-state index is 12.1. The minimum Gasteiger partial charge on any atom is -0.326 e. The lowest BCUT2D eigenvalue weighted by Crippen LogP contribution is -2.43. The van der Waals surface area contributed by atoms with Gasteiger partial charge in [0.15, 0.2) is 0 Å². The van der Waals surface area contributed by atoms with E-state index in [0.29, 0.717) is 11.4 Å². The van der Waals surface area contributed by atoms with E-state index in [2.05, 4.69) is 16.1 Å². The van der Waals surface area contributed by atoms with Crippen LogP contribution in [0.4, 0.5) is 16.2 Å². The van der Waals surface area contributed by atoms with Crippen molar-refractivity contribution < 1.29 is 18.0 Å². The van der Waals surface area contributed by atoms with E-state index in [9.17, 15) is 18.0 Å². The largest absolute Gasteiger partial charge is 0.334 e. The Bertz CT molecular complexity index is 820. The van der Waals surface area contributed by atoms with E-state index in [4.69, 9.17) is 0 Å². The van der Waals surface area contributed by atoms with Crippen molar-refractivity contribution in [3.05, 3.63) is 54.6 Å². The number of para-hydroxylation sites is 1. The summed E-state index contributed by atoms with van der Waals surface area (Å²) in [6.07, 6.45) is 0. The van der Waals surface area contributed by atoms with Crippen LogP contribution in [0.1, 0.15) is 6.92 Å². The third-order valence-electron chi connectivity index (χ3n) is 2.82. The second-order valence-electron chi connectivity index (χ2n) is 4.76. The summed E-state index contributed by atoms with van der Waals surface area (Å²) in [4.78, 5) is 24.5. The summed E-state index contributed by atoms with van der Waals surface area (Å²) in [5, 5.41) is 5.00. The van der Waals surface area contributed by atoms with Gasteiger partial charge >= 0.3 is 6.03 Å². The highest BCUT2D eigenvalue weighted by Gasteiger charge is 2.15. The van der Waals surface area contributed by atoms with Gasteiger partial charge in [-0.05, 0) is 36.4 Å². The van der Waals surface area contributed by atoms with E-state index >= 15 is 0 Å². The molecule has 0 saturated heterocycles. The normalized spacial score (nSPS) is 10.7. The molecule has 3 amide bonds. The van der Waals surface area contributed by atoms with E-state index in [0.717, 1.165) is 0 Å². The number of benzene rings is 2. The van der Waals surface area contributed by atoms with Gasteiger partial charge in [0.25, 0.3) is 10.0 Å². The Balaban J connectivity index is 1.95. The standard InChI is InChI=1S/C15H16N4O4S/c1-11(20)16-13-7-9-14(10-8-13)24(22,23)19-18-15(21)17-12-5-3-2-4-6-12/h2-10,19H,1H3,(H,16,20)(H2,17,18,21). The van der Waals surface area contributed by atoms with Crippen LogP contribution >= 0.6 is 0 Å². The van der Waals surface area contributed by atoms with Gasteiger partial charge in [0, 0.05) is 18.3 Å². The monoisotopic (exact) mass is 348 g/mol. The first-order chi connectivity index (χ1) is 11.4. The molecule has 0 atom stereocenters. The molecule has 126 valence electrons. The summed E-state index contributed by atoms with van der Waals surface area (Å²) < 4.78 is 24.2. The number of hydrazine groups is 1. The lowest BCUT2D eigenvalue weighted by atomic mass is 10.3. The molecule has 0 aromatic heterocycles. The van der Waals surface area contributed by atoms with Gasteiger partial charge in [-0.3, -0.25) is 10.2 Å². The van der Waals surface area contributed by atoms with Gasteiger partial charge in [-0.15, -0.1) is 4.83 Å². The number of nitrogens with one attached hydrogen (secondary N) is 4. The fourth-order valence-corrected chi connectivity index (χ4v) is 2.62. The number of amides is 3. The van der Waals surface area contributed by atoms with Crippen LogP contribution < -0.4 is 20.9 Å². The average molecular weight is 348 g/mol. The molecular formula is C15H16N4O4S. The van der Waals surface area contributed by atoms with Crippen LogP contribution in [0, 0.1) is 0 Å². The molecule has 8 nitrogen and oxygen atoms in total. The second-order valence-corrected chi connectivity index (χ2v) is 6.44. The number of urea groups is 1. The Hall–Kier alpha value is -2.91. The Kier molecular flexibility index (Phi) is 5.51. The number of anilines is 2. The number of sulfonamides is 1. The van der Waals surface area contributed by atoms with Gasteiger partial charge in [-0.25, -0.2) is 13.2 Å². The molecule has 0 heterocycles. The number of carbonyl (C=O) groups excluding carboxylic acids is 2. The molecule has 2 rings (SSSR count). The molecule has 0 radical (unpaired) electrons. The highest BCUT2D eigenvalue weighted by molar-refractivity contribution is 7.89. The fraction of sp³-hybridized carbons (Fsp3) is 0.0667. The smallest absolute Gasteiger partial charge is 0.326 e. The first kappa shape index (κ1) is 17.4. The zero-order chi connectivity index (χ0) is 17.6. The summed E-state index contributed by atoms with van der Waals surface area (Å²) in [5.74, 6) is -0.261. The Morgan fingerprint density at radius 2 is 1.42 bits per heavy atom. The summed E-state index contributed by atoms with van der Waals surface area (Å²) in [6, 6.07) is 13.4. The topological polar surface area (TPSA) is 116 Å². The molecule has 2 aromatic rings. The minimum atomic E-state index is -3.93. The van der Waals surface area contributed by atoms with Crippen molar-refractivity contribution >= 4 is 33.3 Å². The van der Waals surface area contributed by atoms with Crippen molar-refractivity contribution in [2.75, 3.05) is 10.6 Å². The third kappa shape index (κ3) is 5.07. The number of hydrogen-bond donors (Lipinski definition) is 4. The first-order valence-electron chi connectivity index (χ1n) is 6.88. The molecule has 0 fully saturated rings. The summed E-state index contributed by atoms with van der Waals surface area (Å²) >= 11 is 0. The lowest BCUT2D eigenvalue weighted by molar-refractivity contribution is -0.114. The van der Waals surface area contributed by atoms with E-state index < -0.39 is 16.1 Å².